The first kappa shape index (κ1) is 20.7. The molecule has 3 rings (SSSR count). The summed E-state index contributed by atoms with van der Waals surface area (Å²) in [6.45, 7) is 16.4. The highest BCUT2D eigenvalue weighted by molar-refractivity contribution is 5.10. The first-order valence-corrected chi connectivity index (χ1v) is 9.83. The molecule has 1 N–H and O–H groups in total. The summed E-state index contributed by atoms with van der Waals surface area (Å²) in [5.41, 5.74) is 2.33. The lowest BCUT2D eigenvalue weighted by Gasteiger charge is -2.44. The maximum absolute atomic E-state index is 10.2. The first-order chi connectivity index (χ1) is 11.5. The van der Waals surface area contributed by atoms with Crippen LogP contribution in [0.25, 0.3) is 0 Å². The molecule has 0 aromatic rings. The molecule has 1 heterocycles. The molecule has 0 bridgehead atoms. The molecular formula is C22H39NO2. The lowest BCUT2D eigenvalue weighted by Crippen LogP contribution is -2.52. The molecule has 3 fully saturated rings. The molecule has 1 saturated heterocycles. The van der Waals surface area contributed by atoms with Crippen LogP contribution in [-0.4, -0.2) is 47.4 Å². The van der Waals surface area contributed by atoms with E-state index in [4.69, 9.17) is 4.74 Å². The quantitative estimate of drug-likeness (QED) is 0.599. The number of epoxide rings is 1. The SMILES string of the molecule is C=C(C)[C@H]1CCC2(C)OC2C1.C=C(C)[C@H]1CC[C@@](C)(O)[C@H](N(C)C)C1. The molecule has 3 aliphatic rings. The van der Waals surface area contributed by atoms with Gasteiger partial charge in [0.15, 0.2) is 0 Å². The first-order valence-electron chi connectivity index (χ1n) is 9.83. The highest BCUT2D eigenvalue weighted by Gasteiger charge is 2.55. The smallest absolute Gasteiger partial charge is 0.0920 e. The predicted molar refractivity (Wildman–Crippen MR) is 106 cm³/mol. The van der Waals surface area contributed by atoms with Gasteiger partial charge in [-0.15, -0.1) is 0 Å². The Morgan fingerprint density at radius 2 is 1.52 bits per heavy atom. The third-order valence-electron chi connectivity index (χ3n) is 6.76. The van der Waals surface area contributed by atoms with Crippen molar-refractivity contribution >= 4 is 0 Å². The van der Waals surface area contributed by atoms with Crippen LogP contribution >= 0.6 is 0 Å². The normalized spacial score (nSPS) is 42.9. The molecule has 25 heavy (non-hydrogen) atoms. The van der Waals surface area contributed by atoms with E-state index in [-0.39, 0.29) is 11.6 Å². The Balaban J connectivity index is 0.000000185. The van der Waals surface area contributed by atoms with Gasteiger partial charge < -0.3 is 14.7 Å². The van der Waals surface area contributed by atoms with Crippen molar-refractivity contribution in [3.8, 4) is 0 Å². The monoisotopic (exact) mass is 349 g/mol. The molecule has 2 aliphatic carbocycles. The highest BCUT2D eigenvalue weighted by Crippen LogP contribution is 2.50. The van der Waals surface area contributed by atoms with E-state index in [0.717, 1.165) is 25.2 Å². The molecule has 3 nitrogen and oxygen atoms in total. The van der Waals surface area contributed by atoms with Gasteiger partial charge in [-0.3, -0.25) is 0 Å². The number of allylic oxidation sites excluding steroid dienone is 2. The van der Waals surface area contributed by atoms with Gasteiger partial charge >= 0.3 is 0 Å². The third kappa shape index (κ3) is 4.96. The van der Waals surface area contributed by atoms with E-state index in [1.165, 1.54) is 30.4 Å². The Morgan fingerprint density at radius 1 is 1.00 bits per heavy atom. The van der Waals surface area contributed by atoms with Crippen molar-refractivity contribution in [3.05, 3.63) is 24.3 Å². The van der Waals surface area contributed by atoms with E-state index in [1.54, 1.807) is 0 Å². The van der Waals surface area contributed by atoms with Crippen molar-refractivity contribution in [2.45, 2.75) is 89.6 Å². The Bertz CT molecular complexity index is 510. The van der Waals surface area contributed by atoms with Crippen LogP contribution in [0.5, 0.6) is 0 Å². The van der Waals surface area contributed by atoms with Gasteiger partial charge in [-0.2, -0.15) is 0 Å². The summed E-state index contributed by atoms with van der Waals surface area (Å²) in [4.78, 5) is 2.13. The fraction of sp³-hybridized carbons (Fsp3) is 0.818. The number of nitrogens with zero attached hydrogens (tertiary/aromatic N) is 1. The average molecular weight is 350 g/mol. The zero-order chi connectivity index (χ0) is 19.0. The summed E-state index contributed by atoms with van der Waals surface area (Å²) in [5, 5.41) is 10.2. The minimum absolute atomic E-state index is 0.262. The van der Waals surface area contributed by atoms with Crippen LogP contribution in [0.1, 0.15) is 66.2 Å². The fourth-order valence-electron chi connectivity index (χ4n) is 4.58. The molecule has 1 aliphatic heterocycles. The molecule has 2 saturated carbocycles. The number of aliphatic hydroxyl groups is 1. The van der Waals surface area contributed by atoms with E-state index in [9.17, 15) is 5.11 Å². The Hall–Kier alpha value is -0.640. The molecule has 3 heteroatoms. The molecule has 0 amide bonds. The standard InChI is InChI=1S/C12H23NO.C10H16O/c1-9(2)10-6-7-12(3,14)11(8-10)13(4)5;1-7(2)8-4-5-10(3)9(6-8)11-10/h10-11,14H,1,6-8H2,2-5H3;8-9H,1,4-6H2,2-3H3/t10-,11+,12+;8-,9?,10?/m00/s1. The Kier molecular flexibility index (Phi) is 6.23. The maximum Gasteiger partial charge on any atom is 0.0920 e. The topological polar surface area (TPSA) is 36.0 Å². The minimum atomic E-state index is -0.532. The largest absolute Gasteiger partial charge is 0.389 e. The van der Waals surface area contributed by atoms with Crippen molar-refractivity contribution < 1.29 is 9.84 Å². The second-order valence-electron chi connectivity index (χ2n) is 9.39. The van der Waals surface area contributed by atoms with Gasteiger partial charge in [0, 0.05) is 6.04 Å². The third-order valence-corrected chi connectivity index (χ3v) is 6.76. The molecular weight excluding hydrogens is 310 g/mol. The van der Waals surface area contributed by atoms with Crippen molar-refractivity contribution in [3.63, 3.8) is 0 Å². The maximum atomic E-state index is 10.2. The fourth-order valence-corrected chi connectivity index (χ4v) is 4.58. The molecule has 0 radical (unpaired) electrons. The number of likely N-dealkylation sites (N-methyl/N-ethyl adjacent to an activating group) is 1. The Morgan fingerprint density at radius 3 is 2.00 bits per heavy atom. The summed E-state index contributed by atoms with van der Waals surface area (Å²) in [5.74, 6) is 1.32. The van der Waals surface area contributed by atoms with Crippen LogP contribution in [0.15, 0.2) is 24.3 Å². The minimum Gasteiger partial charge on any atom is -0.389 e. The van der Waals surface area contributed by atoms with Gasteiger partial charge in [0.25, 0.3) is 0 Å². The lowest BCUT2D eigenvalue weighted by molar-refractivity contribution is -0.0548. The molecule has 0 aromatic heterocycles. The van der Waals surface area contributed by atoms with Gasteiger partial charge in [0.2, 0.25) is 0 Å². The molecule has 0 aromatic carbocycles. The number of hydrogen-bond acceptors (Lipinski definition) is 3. The van der Waals surface area contributed by atoms with Crippen LogP contribution in [0, 0.1) is 11.8 Å². The average Bonchev–Trinajstić information content (AvgIpc) is 3.17. The molecule has 144 valence electrons. The predicted octanol–water partition coefficient (Wildman–Crippen LogP) is 4.56. The highest BCUT2D eigenvalue weighted by atomic mass is 16.6. The summed E-state index contributed by atoms with van der Waals surface area (Å²) >= 11 is 0. The zero-order valence-electron chi connectivity index (χ0n) is 17.3. The second-order valence-corrected chi connectivity index (χ2v) is 9.39. The molecule has 0 spiro atoms. The second kappa shape index (κ2) is 7.54. The van der Waals surface area contributed by atoms with Crippen molar-refractivity contribution in [2.75, 3.05) is 14.1 Å². The van der Waals surface area contributed by atoms with E-state index < -0.39 is 5.60 Å². The summed E-state index contributed by atoms with van der Waals surface area (Å²) < 4.78 is 5.60. The van der Waals surface area contributed by atoms with Gasteiger partial charge in [0.1, 0.15) is 0 Å². The van der Waals surface area contributed by atoms with Crippen LogP contribution in [-0.2, 0) is 4.74 Å². The van der Waals surface area contributed by atoms with Crippen LogP contribution in [0.3, 0.4) is 0 Å². The van der Waals surface area contributed by atoms with E-state index in [0.29, 0.717) is 12.0 Å². The van der Waals surface area contributed by atoms with Crippen molar-refractivity contribution in [1.82, 2.24) is 4.90 Å². The summed E-state index contributed by atoms with van der Waals surface area (Å²) in [6.07, 6.45) is 7.27. The number of fused-ring (bicyclic) bond motifs is 1. The summed E-state index contributed by atoms with van der Waals surface area (Å²) in [7, 11) is 4.08. The number of ether oxygens (including phenoxy) is 1. The van der Waals surface area contributed by atoms with Crippen molar-refractivity contribution in [1.29, 1.82) is 0 Å². The lowest BCUT2D eigenvalue weighted by atomic mass is 9.73. The van der Waals surface area contributed by atoms with E-state index in [2.05, 4.69) is 38.8 Å². The zero-order valence-corrected chi connectivity index (χ0v) is 17.3. The van der Waals surface area contributed by atoms with E-state index >= 15 is 0 Å². The van der Waals surface area contributed by atoms with Crippen molar-refractivity contribution in [2.24, 2.45) is 11.8 Å². The van der Waals surface area contributed by atoms with Crippen LogP contribution in [0.4, 0.5) is 0 Å². The number of rotatable bonds is 3. The van der Waals surface area contributed by atoms with Crippen LogP contribution in [0.2, 0.25) is 0 Å². The van der Waals surface area contributed by atoms with Gasteiger partial charge in [-0.05, 0) is 92.2 Å². The van der Waals surface area contributed by atoms with Gasteiger partial charge in [-0.25, -0.2) is 0 Å². The van der Waals surface area contributed by atoms with Crippen LogP contribution < -0.4 is 0 Å². The van der Waals surface area contributed by atoms with Gasteiger partial charge in [0.05, 0.1) is 17.3 Å². The van der Waals surface area contributed by atoms with Gasteiger partial charge in [-0.1, -0.05) is 24.3 Å². The van der Waals surface area contributed by atoms with E-state index in [1.807, 2.05) is 21.0 Å². The molecule has 2 unspecified atom stereocenters. The molecule has 6 atom stereocenters. The number of hydrogen-bond donors (Lipinski definition) is 1. The Labute approximate surface area is 155 Å². The summed E-state index contributed by atoms with van der Waals surface area (Å²) in [6, 6.07) is 0.262.